The van der Waals surface area contributed by atoms with Crippen LogP contribution in [0, 0.1) is 0 Å². The van der Waals surface area contributed by atoms with Gasteiger partial charge in [-0.15, -0.1) is 0 Å². The van der Waals surface area contributed by atoms with Crippen LogP contribution in [0.25, 0.3) is 0 Å². The lowest BCUT2D eigenvalue weighted by Crippen LogP contribution is -2.13. The van der Waals surface area contributed by atoms with Crippen LogP contribution in [0.1, 0.15) is 10.4 Å². The van der Waals surface area contributed by atoms with Crippen LogP contribution in [0.3, 0.4) is 0 Å². The van der Waals surface area contributed by atoms with Gasteiger partial charge in [0.1, 0.15) is 0 Å². The molecule has 0 spiro atoms. The number of rotatable bonds is 3. The maximum absolute atomic E-state index is 12.3. The normalized spacial score (nSPS) is 12.1. The average Bonchev–Trinajstić information content (AvgIpc) is 2.96. The summed E-state index contributed by atoms with van der Waals surface area (Å²) in [6, 6.07) is 12.9. The number of para-hydroxylation sites is 1. The molecule has 0 radical (unpaired) electrons. The first-order valence-electron chi connectivity index (χ1n) is 6.62. The molecule has 0 fully saturated rings. The molecule has 1 heterocycles. The fourth-order valence-corrected chi connectivity index (χ4v) is 2.15. The lowest BCUT2D eigenvalue weighted by molar-refractivity contribution is 0.102. The zero-order chi connectivity index (χ0) is 14.8. The van der Waals surface area contributed by atoms with Gasteiger partial charge in [0, 0.05) is 25.5 Å². The highest BCUT2D eigenvalue weighted by atomic mass is 16.7. The first-order chi connectivity index (χ1) is 10.1. The molecule has 108 valence electrons. The number of benzene rings is 2. The summed E-state index contributed by atoms with van der Waals surface area (Å²) in [6.45, 7) is 0.150. The number of fused-ring (bicyclic) bond motifs is 1. The second kappa shape index (κ2) is 5.36. The summed E-state index contributed by atoms with van der Waals surface area (Å²) in [4.78, 5) is 14.3. The Bertz CT molecular complexity index is 666. The van der Waals surface area contributed by atoms with Crippen LogP contribution in [-0.2, 0) is 0 Å². The number of nitrogens with one attached hydrogen (secondary N) is 1. The lowest BCUT2D eigenvalue weighted by atomic mass is 10.1. The second-order valence-electron chi connectivity index (χ2n) is 4.93. The van der Waals surface area contributed by atoms with E-state index in [0.29, 0.717) is 17.1 Å². The molecule has 0 aromatic heterocycles. The topological polar surface area (TPSA) is 50.8 Å². The summed E-state index contributed by atoms with van der Waals surface area (Å²) in [5.74, 6) is 0.889. The molecule has 0 unspecified atom stereocenters. The molecule has 0 atom stereocenters. The summed E-state index contributed by atoms with van der Waals surface area (Å²) < 4.78 is 10.6. The first kappa shape index (κ1) is 13.3. The van der Waals surface area contributed by atoms with Gasteiger partial charge in [0.05, 0.1) is 5.56 Å². The van der Waals surface area contributed by atoms with Gasteiger partial charge in [0.25, 0.3) is 5.91 Å². The van der Waals surface area contributed by atoms with Crippen molar-refractivity contribution in [3.63, 3.8) is 0 Å². The van der Waals surface area contributed by atoms with E-state index >= 15 is 0 Å². The van der Waals surface area contributed by atoms with Gasteiger partial charge in [0.15, 0.2) is 11.5 Å². The van der Waals surface area contributed by atoms with Crippen molar-refractivity contribution in [2.75, 3.05) is 31.1 Å². The number of amides is 1. The Kier molecular flexibility index (Phi) is 3.39. The number of carbonyl (C=O) groups excluding carboxylic acids is 1. The molecule has 0 aliphatic carbocycles. The number of nitrogens with zero attached hydrogens (tertiary/aromatic N) is 1. The monoisotopic (exact) mass is 284 g/mol. The van der Waals surface area contributed by atoms with Gasteiger partial charge in [-0.25, -0.2) is 0 Å². The van der Waals surface area contributed by atoms with Crippen molar-refractivity contribution in [2.45, 2.75) is 0 Å². The summed E-state index contributed by atoms with van der Waals surface area (Å²) in [6.07, 6.45) is 0. The van der Waals surface area contributed by atoms with E-state index in [9.17, 15) is 4.79 Å². The third kappa shape index (κ3) is 2.63. The van der Waals surface area contributed by atoms with Crippen LogP contribution in [0.15, 0.2) is 42.5 Å². The van der Waals surface area contributed by atoms with Crippen LogP contribution >= 0.6 is 0 Å². The van der Waals surface area contributed by atoms with Crippen molar-refractivity contribution in [2.24, 2.45) is 0 Å². The maximum atomic E-state index is 12.3. The molecular formula is C16H16N2O3. The van der Waals surface area contributed by atoms with Crippen molar-refractivity contribution in [3.8, 4) is 11.5 Å². The summed E-state index contributed by atoms with van der Waals surface area (Å²) in [5.41, 5.74) is 2.29. The quantitative estimate of drug-likeness (QED) is 0.941. The number of hydrogen-bond donors (Lipinski definition) is 1. The Morgan fingerprint density at radius 2 is 1.86 bits per heavy atom. The highest BCUT2D eigenvalue weighted by molar-refractivity contribution is 6.06. The number of anilines is 2. The molecule has 2 aromatic carbocycles. The average molecular weight is 284 g/mol. The summed E-state index contributed by atoms with van der Waals surface area (Å²) in [7, 11) is 3.94. The third-order valence-electron chi connectivity index (χ3n) is 3.28. The minimum Gasteiger partial charge on any atom is -0.454 e. The molecule has 0 saturated heterocycles. The molecule has 1 aliphatic rings. The Morgan fingerprint density at radius 1 is 1.10 bits per heavy atom. The molecule has 0 saturated carbocycles. The van der Waals surface area contributed by atoms with E-state index in [-0.39, 0.29) is 12.7 Å². The first-order valence-corrected chi connectivity index (χ1v) is 6.62. The Morgan fingerprint density at radius 3 is 2.57 bits per heavy atom. The molecule has 1 amide bonds. The van der Waals surface area contributed by atoms with Crippen molar-refractivity contribution < 1.29 is 14.3 Å². The smallest absolute Gasteiger partial charge is 0.259 e. The molecule has 5 nitrogen and oxygen atoms in total. The van der Waals surface area contributed by atoms with Crippen LogP contribution in [0.4, 0.5) is 11.4 Å². The fourth-order valence-electron chi connectivity index (χ4n) is 2.15. The summed E-state index contributed by atoms with van der Waals surface area (Å²) >= 11 is 0. The van der Waals surface area contributed by atoms with E-state index in [1.165, 1.54) is 0 Å². The highest BCUT2D eigenvalue weighted by Crippen LogP contribution is 2.35. The number of ether oxygens (including phenoxy) is 2. The second-order valence-corrected chi connectivity index (χ2v) is 4.93. The van der Waals surface area contributed by atoms with Gasteiger partial charge in [-0.05, 0) is 36.4 Å². The minimum absolute atomic E-state index is 0.150. The summed E-state index contributed by atoms with van der Waals surface area (Å²) in [5, 5.41) is 2.86. The third-order valence-corrected chi connectivity index (χ3v) is 3.28. The molecule has 3 rings (SSSR count). The largest absolute Gasteiger partial charge is 0.454 e. The minimum atomic E-state index is -0.213. The predicted octanol–water partition coefficient (Wildman–Crippen LogP) is 2.73. The number of hydrogen-bond acceptors (Lipinski definition) is 4. The molecular weight excluding hydrogens is 268 g/mol. The van der Waals surface area contributed by atoms with E-state index in [2.05, 4.69) is 5.32 Å². The van der Waals surface area contributed by atoms with Crippen LogP contribution in [-0.4, -0.2) is 26.8 Å². The van der Waals surface area contributed by atoms with Gasteiger partial charge in [-0.3, -0.25) is 4.79 Å². The van der Waals surface area contributed by atoms with E-state index in [1.54, 1.807) is 18.2 Å². The molecule has 5 heteroatoms. The Balaban J connectivity index is 1.79. The van der Waals surface area contributed by atoms with E-state index < -0.39 is 0 Å². The van der Waals surface area contributed by atoms with Gasteiger partial charge in [-0.1, -0.05) is 6.07 Å². The van der Waals surface area contributed by atoms with Crippen molar-refractivity contribution in [1.82, 2.24) is 0 Å². The van der Waals surface area contributed by atoms with Crippen LogP contribution in [0.2, 0.25) is 0 Å². The Labute approximate surface area is 123 Å². The fraction of sp³-hybridized carbons (Fsp3) is 0.188. The standard InChI is InChI=1S/C16H16N2O3/c1-18(2)12-8-6-11(7-9-12)17-16(19)13-4-3-5-14-15(13)21-10-20-14/h3-9H,10H2,1-2H3,(H,17,19). The zero-order valence-corrected chi connectivity index (χ0v) is 11.9. The maximum Gasteiger partial charge on any atom is 0.259 e. The molecule has 2 aromatic rings. The molecule has 0 bridgehead atoms. The molecule has 1 N–H and O–H groups in total. The molecule has 21 heavy (non-hydrogen) atoms. The predicted molar refractivity (Wildman–Crippen MR) is 81.3 cm³/mol. The van der Waals surface area contributed by atoms with Gasteiger partial charge >= 0.3 is 0 Å². The highest BCUT2D eigenvalue weighted by Gasteiger charge is 2.21. The van der Waals surface area contributed by atoms with E-state index in [0.717, 1.165) is 11.4 Å². The van der Waals surface area contributed by atoms with Crippen molar-refractivity contribution >= 4 is 17.3 Å². The van der Waals surface area contributed by atoms with Gasteiger partial charge in [0.2, 0.25) is 6.79 Å². The van der Waals surface area contributed by atoms with E-state index in [1.807, 2.05) is 43.3 Å². The lowest BCUT2D eigenvalue weighted by Gasteiger charge is -2.13. The zero-order valence-electron chi connectivity index (χ0n) is 11.9. The van der Waals surface area contributed by atoms with Crippen molar-refractivity contribution in [1.29, 1.82) is 0 Å². The van der Waals surface area contributed by atoms with E-state index in [4.69, 9.17) is 9.47 Å². The van der Waals surface area contributed by atoms with Crippen LogP contribution in [0.5, 0.6) is 11.5 Å². The Hall–Kier alpha value is -2.69. The van der Waals surface area contributed by atoms with Gasteiger partial charge < -0.3 is 19.7 Å². The number of carbonyl (C=O) groups is 1. The van der Waals surface area contributed by atoms with Gasteiger partial charge in [-0.2, -0.15) is 0 Å². The SMILES string of the molecule is CN(C)c1ccc(NC(=O)c2cccc3c2OCO3)cc1. The van der Waals surface area contributed by atoms with Crippen molar-refractivity contribution in [3.05, 3.63) is 48.0 Å². The van der Waals surface area contributed by atoms with Crippen LogP contribution < -0.4 is 19.7 Å². The molecule has 1 aliphatic heterocycles.